The fraction of sp³-hybridized carbons (Fsp3) is 0.810. The molecule has 0 saturated carbocycles. The Morgan fingerprint density at radius 3 is 0.605 bits per heavy atom. The Labute approximate surface area is 498 Å². The monoisotopic (exact) mass is 1220 g/mol. The van der Waals surface area contributed by atoms with Crippen molar-refractivity contribution in [1.29, 1.82) is 0 Å². The molecule has 3 N–H and O–H groups in total. The fourth-order valence-corrected chi connectivity index (χ4v) is 8.49. The number of allylic oxidation sites excluding steroid dienone is 6. The predicted octanol–water partition coefficient (Wildman–Crippen LogP) is 16.7. The molecule has 76 heavy (non-hydrogen) atoms. The van der Waals surface area contributed by atoms with Gasteiger partial charge in [-0.05, 0) is 96.3 Å². The number of carboxylic acids is 3. The van der Waals surface area contributed by atoms with E-state index in [1.807, 2.05) is 0 Å². The summed E-state index contributed by atoms with van der Waals surface area (Å²) in [4.78, 5) is 70.4. The van der Waals surface area contributed by atoms with Gasteiger partial charge in [0.25, 0.3) is 0 Å². The molecule has 0 aromatic heterocycles. The third-order valence-electron chi connectivity index (χ3n) is 13.4. The normalized spacial score (nSPS) is 11.0. The quantitative estimate of drug-likeness (QED) is 0.0396. The van der Waals surface area contributed by atoms with Crippen molar-refractivity contribution in [3.63, 3.8) is 0 Å². The van der Waals surface area contributed by atoms with Crippen molar-refractivity contribution in [2.45, 2.75) is 290 Å². The van der Waals surface area contributed by atoms with E-state index in [4.69, 9.17) is 15.3 Å². The molecule has 0 aromatic carbocycles. The number of hydrogen-bond donors (Lipinski definition) is 3. The first-order chi connectivity index (χ1) is 36.2. The Kier molecular flexibility index (Phi) is 68.2. The van der Waals surface area contributed by atoms with E-state index in [1.54, 1.807) is 21.1 Å². The van der Waals surface area contributed by atoms with Crippen LogP contribution in [0.1, 0.15) is 290 Å². The van der Waals surface area contributed by atoms with Gasteiger partial charge in [0.2, 0.25) is 17.7 Å². The number of carboxylic acid groups (broad SMARTS) is 3. The summed E-state index contributed by atoms with van der Waals surface area (Å²) < 4.78 is 0. The van der Waals surface area contributed by atoms with E-state index >= 15 is 0 Å². The number of hydrogen-bond acceptors (Lipinski definition) is 6. The largest absolute Gasteiger partial charge is 0.480 e. The van der Waals surface area contributed by atoms with Crippen molar-refractivity contribution in [2.75, 3.05) is 40.8 Å². The van der Waals surface area contributed by atoms with Crippen LogP contribution in [0.4, 0.5) is 0 Å². The molecule has 13 heteroatoms. The number of amides is 3. The molecule has 0 aliphatic rings. The summed E-state index contributed by atoms with van der Waals surface area (Å²) in [7, 11) is 4.65. The maximum atomic E-state index is 11.7. The zero-order valence-corrected chi connectivity index (χ0v) is 52.0. The van der Waals surface area contributed by atoms with Gasteiger partial charge < -0.3 is 30.0 Å². The van der Waals surface area contributed by atoms with Crippen molar-refractivity contribution in [2.24, 2.45) is 0 Å². The molecule has 0 aliphatic carbocycles. The Morgan fingerprint density at radius 2 is 0.434 bits per heavy atom. The van der Waals surface area contributed by atoms with Crippen LogP contribution in [0.3, 0.4) is 0 Å². The van der Waals surface area contributed by atoms with Crippen LogP contribution < -0.4 is 0 Å². The molecule has 0 spiro atoms. The molecule has 0 unspecified atom stereocenters. The van der Waals surface area contributed by atoms with Gasteiger partial charge in [0, 0.05) is 80.3 Å². The molecule has 0 heterocycles. The Bertz CT molecular complexity index is 1270. The average molecular weight is 1220 g/mol. The molecule has 0 bridgehead atoms. The van der Waals surface area contributed by atoms with Crippen molar-refractivity contribution in [3.8, 4) is 0 Å². The number of unbranched alkanes of at least 4 members (excludes halogenated alkanes) is 33. The molecule has 0 atom stereocenters. The van der Waals surface area contributed by atoms with Crippen LogP contribution in [0, 0.1) is 39.9 Å². The third kappa shape index (κ3) is 67.5. The zero-order valence-electron chi connectivity index (χ0n) is 49.8. The van der Waals surface area contributed by atoms with Crippen molar-refractivity contribution < 1.29 is 84.0 Å². The molecule has 446 valence electrons. The van der Waals surface area contributed by atoms with Crippen LogP contribution in [0.25, 0.3) is 0 Å². The van der Waals surface area contributed by atoms with Crippen molar-refractivity contribution in [1.82, 2.24) is 14.7 Å². The molecule has 0 aromatic rings. The minimum Gasteiger partial charge on any atom is -0.480 e. The number of nitrogens with zero attached hydrogens (tertiary/aromatic N) is 3. The van der Waals surface area contributed by atoms with Gasteiger partial charge in [-0.2, -0.15) is 0 Å². The van der Waals surface area contributed by atoms with Gasteiger partial charge in [0.15, 0.2) is 0 Å². The first-order valence-corrected chi connectivity index (χ1v) is 30.5. The second-order valence-corrected chi connectivity index (χ2v) is 20.9. The molecule has 0 rings (SSSR count). The van der Waals surface area contributed by atoms with Gasteiger partial charge in [-0.3, -0.25) is 28.8 Å². The minimum atomic E-state index is -0.958. The smallest absolute Gasteiger partial charge is 0.323 e. The number of carbonyl (C=O) groups excluding carboxylic acids is 3. The molecular formula is C63H117GdN3O9. The number of aliphatic carboxylic acids is 3. The average Bonchev–Trinajstić information content (AvgIpc) is 3.37. The summed E-state index contributed by atoms with van der Waals surface area (Å²) in [5.74, 6) is -3.08. The Hall–Kier alpha value is -2.64. The van der Waals surface area contributed by atoms with E-state index in [1.165, 1.54) is 188 Å². The van der Waals surface area contributed by atoms with Crippen LogP contribution >= 0.6 is 0 Å². The molecule has 0 saturated heterocycles. The number of likely N-dealkylation sites (N-methyl/N-ethyl adjacent to an activating group) is 3. The van der Waals surface area contributed by atoms with Crippen LogP contribution in [-0.4, -0.2) is 106 Å². The number of rotatable bonds is 51. The summed E-state index contributed by atoms with van der Waals surface area (Å²) >= 11 is 0. The molecule has 12 nitrogen and oxygen atoms in total. The van der Waals surface area contributed by atoms with Crippen LogP contribution in [-0.2, 0) is 28.8 Å². The summed E-state index contributed by atoms with van der Waals surface area (Å²) in [5.41, 5.74) is 0. The van der Waals surface area contributed by atoms with Gasteiger partial charge in [-0.15, -0.1) is 0 Å². The van der Waals surface area contributed by atoms with E-state index in [2.05, 4.69) is 57.2 Å². The summed E-state index contributed by atoms with van der Waals surface area (Å²) in [6, 6.07) is 0. The predicted molar refractivity (Wildman–Crippen MR) is 314 cm³/mol. The second-order valence-electron chi connectivity index (χ2n) is 20.9. The van der Waals surface area contributed by atoms with Gasteiger partial charge >= 0.3 is 17.9 Å². The van der Waals surface area contributed by atoms with E-state index in [0.717, 1.165) is 77.0 Å². The maximum absolute atomic E-state index is 11.7. The van der Waals surface area contributed by atoms with Gasteiger partial charge in [-0.25, -0.2) is 0 Å². The Balaban J connectivity index is -0.000000508. The molecular weight excluding hydrogens is 1100 g/mol. The third-order valence-corrected chi connectivity index (χ3v) is 13.4. The van der Waals surface area contributed by atoms with Gasteiger partial charge in [-0.1, -0.05) is 211 Å². The minimum absolute atomic E-state index is 0. The van der Waals surface area contributed by atoms with Crippen molar-refractivity contribution >= 4 is 35.6 Å². The summed E-state index contributed by atoms with van der Waals surface area (Å²) in [5, 5.41) is 25.9. The number of carbonyl (C=O) groups is 6. The van der Waals surface area contributed by atoms with E-state index in [9.17, 15) is 28.8 Å². The zero-order chi connectivity index (χ0) is 56.3. The topological polar surface area (TPSA) is 173 Å². The standard InChI is InChI=1S/3C21H39NO3.Gd/c3*1-3-4-5-6-7-8-9-10-11-12-13-14-15-16-17-18-20(23)22(2)19-21(24)25;/h3*10-11H,3-9,12-19H2,1-2H3,(H,24,25);/b3*11-10-;. The first kappa shape index (κ1) is 79.8. The van der Waals surface area contributed by atoms with E-state index in [-0.39, 0.29) is 77.3 Å². The molecule has 3 amide bonds. The van der Waals surface area contributed by atoms with Crippen LogP contribution in [0.15, 0.2) is 36.5 Å². The van der Waals surface area contributed by atoms with Crippen LogP contribution in [0.5, 0.6) is 0 Å². The van der Waals surface area contributed by atoms with Crippen LogP contribution in [0.2, 0.25) is 0 Å². The Morgan fingerprint density at radius 1 is 0.276 bits per heavy atom. The summed E-state index contributed by atoms with van der Waals surface area (Å²) in [6.45, 7) is 6.15. The molecule has 0 fully saturated rings. The molecule has 0 aliphatic heterocycles. The fourth-order valence-electron chi connectivity index (χ4n) is 8.49. The maximum Gasteiger partial charge on any atom is 0.323 e. The van der Waals surface area contributed by atoms with E-state index < -0.39 is 17.9 Å². The SMILES string of the molecule is CCCCCCCC/C=C\CCCCCCCC(=O)N(C)CC(=O)O.CCCCCCCC/C=C\CCCCCCCC(=O)N(C)CC(=O)O.CCCCCCCC/C=C\CCCCCCCC(=O)N(C)CC(=O)O.[Gd]. The molecule has 0 radical (unpaired) electrons. The second kappa shape index (κ2) is 64.9. The first-order valence-electron chi connectivity index (χ1n) is 30.5. The van der Waals surface area contributed by atoms with Crippen molar-refractivity contribution in [3.05, 3.63) is 36.5 Å². The van der Waals surface area contributed by atoms with Gasteiger partial charge in [0.1, 0.15) is 19.6 Å². The van der Waals surface area contributed by atoms with E-state index in [0.29, 0.717) is 19.3 Å². The van der Waals surface area contributed by atoms with Gasteiger partial charge in [0.05, 0.1) is 0 Å². The summed E-state index contributed by atoms with van der Waals surface area (Å²) in [6.07, 6.45) is 63.4.